The highest BCUT2D eigenvalue weighted by molar-refractivity contribution is 6.02. The van der Waals surface area contributed by atoms with Crippen LogP contribution < -0.4 is 0 Å². The van der Waals surface area contributed by atoms with Crippen molar-refractivity contribution in [2.75, 3.05) is 0 Å². The summed E-state index contributed by atoms with van der Waals surface area (Å²) in [5.41, 5.74) is -1.20. The summed E-state index contributed by atoms with van der Waals surface area (Å²) >= 11 is 0. The molecule has 51 heavy (non-hydrogen) atoms. The monoisotopic (exact) mass is 772 g/mol. The molecular formula is C33H37F17O. The normalized spacial score (nSPS) is 23.7. The van der Waals surface area contributed by atoms with Crippen molar-refractivity contribution in [2.45, 2.75) is 138 Å². The predicted octanol–water partition coefficient (Wildman–Crippen LogP) is 12.6. The maximum absolute atomic E-state index is 14.5. The standard InChI is InChI=1S/C33H37F17O/c1-2-3-4-19-7-13-22(14-8-19)23-15-9-20(10-16-23)5-6-21-11-17-24(18-12-21)25(51)26(34,35)27(36,37)28(38,39)29(40,41)30(42,43)31(44,45)32(46,47)33(48,49)50/h11-12,17-20,22-23H,2-10,13-16H2,1H3/t19-,20?,22-,23?. The first-order valence-electron chi connectivity index (χ1n) is 16.5. The molecule has 1 aromatic rings. The fraction of sp³-hybridized carbons (Fsp3) is 0.788. The fourth-order valence-electron chi connectivity index (χ4n) is 7.07. The number of carbonyl (C=O) groups is 1. The maximum atomic E-state index is 14.5. The summed E-state index contributed by atoms with van der Waals surface area (Å²) in [6.07, 6.45) is 5.40. The molecular weight excluding hydrogens is 735 g/mol. The van der Waals surface area contributed by atoms with Gasteiger partial charge in [-0.3, -0.25) is 4.79 Å². The number of halogens is 17. The molecule has 0 heterocycles. The van der Waals surface area contributed by atoms with Gasteiger partial charge in [0.1, 0.15) is 0 Å². The molecule has 2 saturated carbocycles. The number of alkyl halides is 17. The highest BCUT2D eigenvalue weighted by Crippen LogP contribution is 2.64. The molecule has 0 spiro atoms. The Labute approximate surface area is 282 Å². The van der Waals surface area contributed by atoms with Crippen molar-refractivity contribution in [3.05, 3.63) is 35.4 Å². The predicted molar refractivity (Wildman–Crippen MR) is 150 cm³/mol. The highest BCUT2D eigenvalue weighted by atomic mass is 19.4. The van der Waals surface area contributed by atoms with E-state index in [2.05, 4.69) is 6.92 Å². The maximum Gasteiger partial charge on any atom is 0.460 e. The van der Waals surface area contributed by atoms with Gasteiger partial charge in [0.25, 0.3) is 0 Å². The van der Waals surface area contributed by atoms with Crippen molar-refractivity contribution in [1.82, 2.24) is 0 Å². The van der Waals surface area contributed by atoms with Gasteiger partial charge in [0.2, 0.25) is 5.78 Å². The first-order valence-corrected chi connectivity index (χ1v) is 16.5. The second kappa shape index (κ2) is 14.8. The smallest absolute Gasteiger partial charge is 0.287 e. The Kier molecular flexibility index (Phi) is 12.6. The van der Waals surface area contributed by atoms with Gasteiger partial charge in [0, 0.05) is 5.56 Å². The van der Waals surface area contributed by atoms with Gasteiger partial charge in [-0.25, -0.2) is 0 Å². The third-order valence-corrected chi connectivity index (χ3v) is 10.5. The largest absolute Gasteiger partial charge is 0.460 e. The van der Waals surface area contributed by atoms with E-state index in [1.165, 1.54) is 44.9 Å². The van der Waals surface area contributed by atoms with Crippen LogP contribution >= 0.6 is 0 Å². The van der Waals surface area contributed by atoms with E-state index in [4.69, 9.17) is 0 Å². The van der Waals surface area contributed by atoms with Crippen molar-refractivity contribution < 1.29 is 79.4 Å². The molecule has 0 radical (unpaired) electrons. The molecule has 3 rings (SSSR count). The molecule has 0 amide bonds. The first-order chi connectivity index (χ1) is 23.1. The van der Waals surface area contributed by atoms with Crippen molar-refractivity contribution in [2.24, 2.45) is 23.7 Å². The van der Waals surface area contributed by atoms with Gasteiger partial charge in [0.05, 0.1) is 0 Å². The first kappa shape index (κ1) is 43.1. The molecule has 0 aromatic heterocycles. The van der Waals surface area contributed by atoms with Gasteiger partial charge >= 0.3 is 47.6 Å². The number of hydrogen-bond donors (Lipinski definition) is 0. The number of carbonyl (C=O) groups excluding carboxylic acids is 1. The molecule has 18 heteroatoms. The van der Waals surface area contributed by atoms with E-state index in [0.717, 1.165) is 43.7 Å². The molecule has 0 saturated heterocycles. The van der Waals surface area contributed by atoms with Crippen LogP contribution in [-0.2, 0) is 6.42 Å². The second-order valence-corrected chi connectivity index (χ2v) is 13.8. The molecule has 1 aromatic carbocycles. The number of Topliss-reactive ketones (excluding diaryl/α,β-unsaturated/α-hetero) is 1. The summed E-state index contributed by atoms with van der Waals surface area (Å²) in [5.74, 6) is -59.0. The fourth-order valence-corrected chi connectivity index (χ4v) is 7.07. The minimum Gasteiger partial charge on any atom is -0.287 e. The minimum absolute atomic E-state index is 0.275. The third kappa shape index (κ3) is 7.71. The summed E-state index contributed by atoms with van der Waals surface area (Å²) in [7, 11) is 0. The zero-order chi connectivity index (χ0) is 39.1. The SMILES string of the molecule is CCCC[C@H]1CC[C@H](C2CCC(CCc3ccc(C(=O)C(F)(F)C(F)(F)C(F)(F)C(F)(F)C(F)(F)C(F)(F)C(F)(F)C(F)(F)F)cc3)CC2)CC1. The summed E-state index contributed by atoms with van der Waals surface area (Å²) < 4.78 is 231. The molecule has 0 atom stereocenters. The lowest BCUT2D eigenvalue weighted by molar-refractivity contribution is -0.459. The summed E-state index contributed by atoms with van der Waals surface area (Å²) in [5, 5.41) is 0. The number of benzene rings is 1. The molecule has 0 bridgehead atoms. The summed E-state index contributed by atoms with van der Waals surface area (Å²) in [6.45, 7) is 2.16. The van der Waals surface area contributed by atoms with Gasteiger partial charge in [-0.2, -0.15) is 74.6 Å². The van der Waals surface area contributed by atoms with E-state index >= 15 is 0 Å². The van der Waals surface area contributed by atoms with Crippen LogP contribution in [0.5, 0.6) is 0 Å². The molecule has 2 aliphatic carbocycles. The molecule has 1 nitrogen and oxygen atoms in total. The topological polar surface area (TPSA) is 17.1 Å². The van der Waals surface area contributed by atoms with E-state index < -0.39 is 59.0 Å². The lowest BCUT2D eigenvalue weighted by atomic mass is 9.68. The van der Waals surface area contributed by atoms with Crippen molar-refractivity contribution in [3.8, 4) is 0 Å². The quantitative estimate of drug-likeness (QED) is 0.128. The highest BCUT2D eigenvalue weighted by Gasteiger charge is 2.95. The van der Waals surface area contributed by atoms with Gasteiger partial charge in [-0.05, 0) is 67.8 Å². The average Bonchev–Trinajstić information content (AvgIpc) is 3.05. The minimum atomic E-state index is -8.74. The number of aryl methyl sites for hydroxylation is 1. The van der Waals surface area contributed by atoms with E-state index in [0.29, 0.717) is 36.0 Å². The van der Waals surface area contributed by atoms with Gasteiger partial charge in [-0.1, -0.05) is 76.1 Å². The van der Waals surface area contributed by atoms with E-state index in [9.17, 15) is 79.4 Å². The number of hydrogen-bond acceptors (Lipinski definition) is 1. The van der Waals surface area contributed by atoms with E-state index in [1.54, 1.807) is 0 Å². The summed E-state index contributed by atoms with van der Waals surface area (Å²) in [6, 6.07) is 2.67. The molecule has 0 aliphatic heterocycles. The van der Waals surface area contributed by atoms with Crippen LogP contribution in [0.15, 0.2) is 24.3 Å². The van der Waals surface area contributed by atoms with Crippen LogP contribution in [0.2, 0.25) is 0 Å². The molecule has 0 unspecified atom stereocenters. The van der Waals surface area contributed by atoms with Gasteiger partial charge < -0.3 is 0 Å². The Morgan fingerprint density at radius 1 is 0.529 bits per heavy atom. The van der Waals surface area contributed by atoms with Crippen LogP contribution in [0, 0.1) is 23.7 Å². The van der Waals surface area contributed by atoms with Crippen LogP contribution in [0.1, 0.15) is 99.9 Å². The number of unbranched alkanes of at least 4 members (excludes halogenated alkanes) is 1. The second-order valence-electron chi connectivity index (χ2n) is 13.8. The van der Waals surface area contributed by atoms with Crippen molar-refractivity contribution >= 4 is 5.78 Å². The lowest BCUT2D eigenvalue weighted by Crippen LogP contribution is -2.75. The lowest BCUT2D eigenvalue weighted by Gasteiger charge is -2.42. The van der Waals surface area contributed by atoms with Crippen LogP contribution in [0.3, 0.4) is 0 Å². The van der Waals surface area contributed by atoms with Crippen LogP contribution in [-0.4, -0.2) is 53.4 Å². The van der Waals surface area contributed by atoms with Crippen molar-refractivity contribution in [1.29, 1.82) is 0 Å². The Morgan fingerprint density at radius 3 is 1.29 bits per heavy atom. The van der Waals surface area contributed by atoms with E-state index in [1.807, 2.05) is 0 Å². The average molecular weight is 773 g/mol. The Balaban J connectivity index is 1.66. The molecule has 2 aliphatic rings. The number of rotatable bonds is 15. The van der Waals surface area contributed by atoms with Crippen molar-refractivity contribution in [3.63, 3.8) is 0 Å². The Bertz CT molecular complexity index is 1300. The zero-order valence-electron chi connectivity index (χ0n) is 27.1. The Hall–Kier alpha value is -2.30. The Morgan fingerprint density at radius 2 is 0.902 bits per heavy atom. The van der Waals surface area contributed by atoms with Crippen LogP contribution in [0.4, 0.5) is 74.6 Å². The molecule has 294 valence electrons. The molecule has 2 fully saturated rings. The third-order valence-electron chi connectivity index (χ3n) is 10.5. The summed E-state index contributed by atoms with van der Waals surface area (Å²) in [4.78, 5) is 12.2. The number of ketones is 1. The van der Waals surface area contributed by atoms with Gasteiger partial charge in [0.15, 0.2) is 0 Å². The van der Waals surface area contributed by atoms with Crippen LogP contribution in [0.25, 0.3) is 0 Å². The molecule has 0 N–H and O–H groups in total. The van der Waals surface area contributed by atoms with Gasteiger partial charge in [-0.15, -0.1) is 0 Å². The van der Waals surface area contributed by atoms with E-state index in [-0.39, 0.29) is 12.3 Å². The zero-order valence-corrected chi connectivity index (χ0v) is 27.1.